The summed E-state index contributed by atoms with van der Waals surface area (Å²) in [5.74, 6) is 0.272. The fourth-order valence-electron chi connectivity index (χ4n) is 2.84. The average molecular weight is 439 g/mol. The Hall–Kier alpha value is -2.84. The molecule has 3 aromatic rings. The van der Waals surface area contributed by atoms with E-state index in [0.717, 1.165) is 11.6 Å². The fraction of sp³-hybridized carbons (Fsp3) is 0.238. The van der Waals surface area contributed by atoms with Crippen molar-refractivity contribution in [1.29, 1.82) is 0 Å². The number of anilines is 1. The molecule has 160 valence electrons. The number of ether oxygens (including phenoxy) is 1. The van der Waals surface area contributed by atoms with Crippen LogP contribution in [0.5, 0.6) is 5.75 Å². The lowest BCUT2D eigenvalue weighted by atomic mass is 10.1. The van der Waals surface area contributed by atoms with E-state index >= 15 is 0 Å². The summed E-state index contributed by atoms with van der Waals surface area (Å²) in [4.78, 5) is 8.23. The molecule has 0 bridgehead atoms. The number of benzene rings is 2. The summed E-state index contributed by atoms with van der Waals surface area (Å²) in [6.45, 7) is 2.19. The minimum atomic E-state index is -4.53. The molecular formula is C21H22ClF3N4O. The first-order valence-corrected chi connectivity index (χ1v) is 9.09. The van der Waals surface area contributed by atoms with Crippen LogP contribution in [0.2, 0.25) is 0 Å². The van der Waals surface area contributed by atoms with Gasteiger partial charge in [-0.3, -0.25) is 0 Å². The number of hydrogen-bond acceptors (Lipinski definition) is 5. The number of alkyl halides is 3. The molecule has 2 aromatic carbocycles. The van der Waals surface area contributed by atoms with E-state index in [0.29, 0.717) is 23.6 Å². The van der Waals surface area contributed by atoms with Gasteiger partial charge in [0.15, 0.2) is 0 Å². The Bertz CT molecular complexity index is 954. The average Bonchev–Trinajstić information content (AvgIpc) is 2.72. The molecule has 1 atom stereocenters. The summed E-state index contributed by atoms with van der Waals surface area (Å²) in [6.07, 6.45) is -3.23. The molecule has 1 heterocycles. The molecule has 3 rings (SSSR count). The highest BCUT2D eigenvalue weighted by atomic mass is 35.5. The van der Waals surface area contributed by atoms with Crippen molar-refractivity contribution in [2.45, 2.75) is 19.1 Å². The summed E-state index contributed by atoms with van der Waals surface area (Å²) in [5, 5.41) is 3.11. The zero-order chi connectivity index (χ0) is 20.9. The number of nitrogens with zero attached hydrogens (tertiary/aromatic N) is 2. The lowest BCUT2D eigenvalue weighted by molar-refractivity contribution is -0.138. The molecule has 9 heteroatoms. The molecule has 0 unspecified atom stereocenters. The lowest BCUT2D eigenvalue weighted by Gasteiger charge is -2.15. The molecule has 0 radical (unpaired) electrons. The van der Waals surface area contributed by atoms with Crippen molar-refractivity contribution in [2.24, 2.45) is 5.73 Å². The molecule has 0 aliphatic heterocycles. The first kappa shape index (κ1) is 23.4. The highest BCUT2D eigenvalue weighted by molar-refractivity contribution is 5.85. The second-order valence-electron chi connectivity index (χ2n) is 6.33. The fourth-order valence-corrected chi connectivity index (χ4v) is 2.84. The van der Waals surface area contributed by atoms with Crippen molar-refractivity contribution < 1.29 is 17.9 Å². The van der Waals surface area contributed by atoms with Gasteiger partial charge in [0, 0.05) is 24.2 Å². The van der Waals surface area contributed by atoms with Crippen molar-refractivity contribution in [3.63, 3.8) is 0 Å². The Balaban J connectivity index is 0.00000320. The number of rotatable bonds is 7. The molecular weight excluding hydrogens is 417 g/mol. The van der Waals surface area contributed by atoms with Gasteiger partial charge in [-0.05, 0) is 30.7 Å². The maximum atomic E-state index is 13.4. The largest absolute Gasteiger partial charge is 0.493 e. The van der Waals surface area contributed by atoms with E-state index in [1.165, 1.54) is 12.4 Å². The van der Waals surface area contributed by atoms with Crippen molar-refractivity contribution in [2.75, 3.05) is 18.5 Å². The molecule has 0 aliphatic rings. The zero-order valence-corrected chi connectivity index (χ0v) is 17.0. The zero-order valence-electron chi connectivity index (χ0n) is 16.2. The van der Waals surface area contributed by atoms with Gasteiger partial charge in [0.05, 0.1) is 17.9 Å². The maximum Gasteiger partial charge on any atom is 0.419 e. The summed E-state index contributed by atoms with van der Waals surface area (Å²) < 4.78 is 45.2. The van der Waals surface area contributed by atoms with Gasteiger partial charge in [0.25, 0.3) is 0 Å². The predicted octanol–water partition coefficient (Wildman–Crippen LogP) is 5.09. The van der Waals surface area contributed by atoms with Crippen LogP contribution in [0.15, 0.2) is 60.9 Å². The highest BCUT2D eigenvalue weighted by Gasteiger charge is 2.34. The molecule has 1 aromatic heterocycles. The van der Waals surface area contributed by atoms with Crippen LogP contribution < -0.4 is 15.8 Å². The normalized spacial score (nSPS) is 12.0. The highest BCUT2D eigenvalue weighted by Crippen LogP contribution is 2.38. The monoisotopic (exact) mass is 438 g/mol. The van der Waals surface area contributed by atoms with E-state index in [-0.39, 0.29) is 30.8 Å². The SMILES string of the molecule is CCOc1ccc(-c2cc(NC[C@H](N)c3ccccc3)ncn2)cc1C(F)(F)F.Cl. The second kappa shape index (κ2) is 10.3. The molecule has 0 spiro atoms. The van der Waals surface area contributed by atoms with Crippen LogP contribution in [0.1, 0.15) is 24.1 Å². The lowest BCUT2D eigenvalue weighted by Crippen LogP contribution is -2.20. The topological polar surface area (TPSA) is 73.1 Å². The van der Waals surface area contributed by atoms with Crippen molar-refractivity contribution >= 4 is 18.2 Å². The van der Waals surface area contributed by atoms with Crippen LogP contribution >= 0.6 is 12.4 Å². The van der Waals surface area contributed by atoms with Crippen LogP contribution in [-0.4, -0.2) is 23.1 Å². The number of aromatic nitrogens is 2. The van der Waals surface area contributed by atoms with Crippen molar-refractivity contribution in [3.05, 3.63) is 72.1 Å². The first-order chi connectivity index (χ1) is 13.9. The predicted molar refractivity (Wildman–Crippen MR) is 113 cm³/mol. The summed E-state index contributed by atoms with van der Waals surface area (Å²) in [6, 6.07) is 14.8. The molecule has 0 aliphatic carbocycles. The number of halogens is 4. The Morgan fingerprint density at radius 2 is 1.80 bits per heavy atom. The van der Waals surface area contributed by atoms with E-state index in [1.807, 2.05) is 30.3 Å². The maximum absolute atomic E-state index is 13.4. The minimum Gasteiger partial charge on any atom is -0.493 e. The molecule has 0 saturated heterocycles. The van der Waals surface area contributed by atoms with Crippen LogP contribution in [0.25, 0.3) is 11.3 Å². The van der Waals surface area contributed by atoms with E-state index in [9.17, 15) is 13.2 Å². The smallest absolute Gasteiger partial charge is 0.419 e. The Morgan fingerprint density at radius 1 is 1.07 bits per heavy atom. The quantitative estimate of drug-likeness (QED) is 0.537. The van der Waals surface area contributed by atoms with E-state index in [1.54, 1.807) is 19.1 Å². The summed E-state index contributed by atoms with van der Waals surface area (Å²) in [5.41, 5.74) is 6.97. The Kier molecular flexibility index (Phi) is 8.02. The Morgan fingerprint density at radius 3 is 2.47 bits per heavy atom. The van der Waals surface area contributed by atoms with Gasteiger partial charge in [-0.1, -0.05) is 30.3 Å². The van der Waals surface area contributed by atoms with Crippen molar-refractivity contribution in [1.82, 2.24) is 9.97 Å². The molecule has 0 saturated carbocycles. The molecule has 5 nitrogen and oxygen atoms in total. The van der Waals surface area contributed by atoms with Gasteiger partial charge in [0.1, 0.15) is 17.9 Å². The summed E-state index contributed by atoms with van der Waals surface area (Å²) >= 11 is 0. The molecule has 3 N–H and O–H groups in total. The second-order valence-corrected chi connectivity index (χ2v) is 6.33. The van der Waals surface area contributed by atoms with E-state index < -0.39 is 11.7 Å². The van der Waals surface area contributed by atoms with E-state index in [4.69, 9.17) is 10.5 Å². The molecule has 0 amide bonds. The first-order valence-electron chi connectivity index (χ1n) is 9.09. The van der Waals surface area contributed by atoms with Crippen LogP contribution in [0.3, 0.4) is 0 Å². The number of hydrogen-bond donors (Lipinski definition) is 2. The van der Waals surface area contributed by atoms with E-state index in [2.05, 4.69) is 15.3 Å². The molecule has 0 fully saturated rings. The number of nitrogens with one attached hydrogen (secondary N) is 1. The number of nitrogens with two attached hydrogens (primary N) is 1. The molecule has 30 heavy (non-hydrogen) atoms. The third-order valence-electron chi connectivity index (χ3n) is 4.28. The van der Waals surface area contributed by atoms with Crippen LogP contribution in [0, 0.1) is 0 Å². The summed E-state index contributed by atoms with van der Waals surface area (Å²) in [7, 11) is 0. The van der Waals surface area contributed by atoms with Gasteiger partial charge >= 0.3 is 6.18 Å². The van der Waals surface area contributed by atoms with Gasteiger partial charge < -0.3 is 15.8 Å². The van der Waals surface area contributed by atoms with Gasteiger partial charge in [-0.25, -0.2) is 9.97 Å². The van der Waals surface area contributed by atoms with Gasteiger partial charge in [-0.15, -0.1) is 12.4 Å². The minimum absolute atomic E-state index is 0. The van der Waals surface area contributed by atoms with Crippen molar-refractivity contribution in [3.8, 4) is 17.0 Å². The van der Waals surface area contributed by atoms with Gasteiger partial charge in [0.2, 0.25) is 0 Å². The van der Waals surface area contributed by atoms with Crippen LogP contribution in [-0.2, 0) is 6.18 Å². The van der Waals surface area contributed by atoms with Gasteiger partial charge in [-0.2, -0.15) is 13.2 Å². The Labute approximate surface area is 178 Å². The third-order valence-corrected chi connectivity index (χ3v) is 4.28. The third kappa shape index (κ3) is 5.84. The standard InChI is InChI=1S/C21H21F3N4O.ClH/c1-2-29-19-9-8-15(10-16(19)21(22,23)24)18-11-20(28-13-27-18)26-12-17(25)14-6-4-3-5-7-14;/h3-11,13,17H,2,12,25H2,1H3,(H,26,27,28);1H/t17-;/m0./s1. The van der Waals surface area contributed by atoms with Crippen LogP contribution in [0.4, 0.5) is 19.0 Å².